The van der Waals surface area contributed by atoms with Gasteiger partial charge in [0.1, 0.15) is 0 Å². The van der Waals surface area contributed by atoms with Gasteiger partial charge in [0, 0.05) is 51.2 Å². The van der Waals surface area contributed by atoms with Crippen LogP contribution in [0, 0.1) is 6.92 Å². The predicted molar refractivity (Wildman–Crippen MR) is 79.4 cm³/mol. The van der Waals surface area contributed by atoms with Crippen LogP contribution >= 0.6 is 0 Å². The molecule has 0 spiro atoms. The zero-order valence-corrected chi connectivity index (χ0v) is 12.8. The van der Waals surface area contributed by atoms with Crippen LogP contribution in [-0.2, 0) is 6.54 Å². The zero-order chi connectivity index (χ0) is 14.5. The van der Waals surface area contributed by atoms with Gasteiger partial charge in [-0.1, -0.05) is 6.92 Å². The molecule has 1 N–H and O–H groups in total. The number of nitrogens with zero attached hydrogens (tertiary/aromatic N) is 4. The van der Waals surface area contributed by atoms with Crippen molar-refractivity contribution < 1.29 is 5.11 Å². The Balaban J connectivity index is 1.91. The van der Waals surface area contributed by atoms with Gasteiger partial charge < -0.3 is 5.11 Å². The Kier molecular flexibility index (Phi) is 5.46. The number of aromatic nitrogens is 2. The molecule has 0 aliphatic carbocycles. The Bertz CT molecular complexity index is 407. The van der Waals surface area contributed by atoms with Gasteiger partial charge in [-0.05, 0) is 20.3 Å². The van der Waals surface area contributed by atoms with Gasteiger partial charge in [-0.2, -0.15) is 0 Å². The summed E-state index contributed by atoms with van der Waals surface area (Å²) < 4.78 is 0. The van der Waals surface area contributed by atoms with E-state index < -0.39 is 0 Å². The number of rotatable bonds is 5. The van der Waals surface area contributed by atoms with E-state index in [4.69, 9.17) is 0 Å². The van der Waals surface area contributed by atoms with Gasteiger partial charge in [-0.3, -0.25) is 19.8 Å². The Morgan fingerprint density at radius 3 is 2.75 bits per heavy atom. The molecule has 0 unspecified atom stereocenters. The molecule has 2 atom stereocenters. The lowest BCUT2D eigenvalue weighted by Gasteiger charge is -2.41. The number of aliphatic hydroxyl groups is 1. The van der Waals surface area contributed by atoms with Crippen LogP contribution in [0.5, 0.6) is 0 Å². The Morgan fingerprint density at radius 2 is 2.15 bits per heavy atom. The molecule has 2 heterocycles. The lowest BCUT2D eigenvalue weighted by Crippen LogP contribution is -2.54. The van der Waals surface area contributed by atoms with E-state index in [2.05, 4.69) is 26.7 Å². The van der Waals surface area contributed by atoms with Crippen molar-refractivity contribution >= 4 is 0 Å². The van der Waals surface area contributed by atoms with E-state index in [1.807, 2.05) is 26.2 Å². The fourth-order valence-electron chi connectivity index (χ4n) is 2.80. The SMILES string of the molecule is CC[C@H]1CN(Cc2cnc(C)cn2)CCN1C[C@@H](C)O. The number of hydrogen-bond donors (Lipinski definition) is 1. The van der Waals surface area contributed by atoms with Gasteiger partial charge in [0.25, 0.3) is 0 Å². The first-order chi connectivity index (χ1) is 9.58. The third-order valence-corrected chi connectivity index (χ3v) is 3.88. The highest BCUT2D eigenvalue weighted by molar-refractivity contribution is 5.01. The minimum absolute atomic E-state index is 0.251. The number of piperazine rings is 1. The standard InChI is InChI=1S/C15H26N4O/c1-4-15-11-18(5-6-19(15)9-13(3)20)10-14-8-16-12(2)7-17-14/h7-8,13,15,20H,4-6,9-11H2,1-3H3/t13-,15+/m1/s1. The lowest BCUT2D eigenvalue weighted by atomic mass is 10.1. The molecule has 0 bridgehead atoms. The maximum Gasteiger partial charge on any atom is 0.0727 e. The van der Waals surface area contributed by atoms with Crippen molar-refractivity contribution in [3.8, 4) is 0 Å². The second-order valence-electron chi connectivity index (χ2n) is 5.79. The highest BCUT2D eigenvalue weighted by Crippen LogP contribution is 2.15. The third kappa shape index (κ3) is 4.23. The summed E-state index contributed by atoms with van der Waals surface area (Å²) in [7, 11) is 0. The molecule has 1 aromatic heterocycles. The van der Waals surface area contributed by atoms with E-state index in [1.54, 1.807) is 0 Å². The molecule has 2 rings (SSSR count). The lowest BCUT2D eigenvalue weighted by molar-refractivity contribution is 0.0333. The van der Waals surface area contributed by atoms with E-state index in [0.29, 0.717) is 6.04 Å². The average Bonchev–Trinajstić information content (AvgIpc) is 2.42. The molecule has 0 saturated carbocycles. The smallest absolute Gasteiger partial charge is 0.0727 e. The first-order valence-electron chi connectivity index (χ1n) is 7.50. The number of aliphatic hydroxyl groups excluding tert-OH is 1. The summed E-state index contributed by atoms with van der Waals surface area (Å²) in [5, 5.41) is 9.57. The second kappa shape index (κ2) is 7.11. The predicted octanol–water partition coefficient (Wildman–Crippen LogP) is 1.06. The molecule has 0 radical (unpaired) electrons. The molecule has 1 aliphatic rings. The molecule has 1 fully saturated rings. The summed E-state index contributed by atoms with van der Waals surface area (Å²) in [4.78, 5) is 13.6. The van der Waals surface area contributed by atoms with E-state index >= 15 is 0 Å². The molecule has 5 heteroatoms. The van der Waals surface area contributed by atoms with Crippen molar-refractivity contribution in [3.05, 3.63) is 23.8 Å². The summed E-state index contributed by atoms with van der Waals surface area (Å²) in [6, 6.07) is 0.525. The largest absolute Gasteiger partial charge is 0.392 e. The molecule has 20 heavy (non-hydrogen) atoms. The van der Waals surface area contributed by atoms with Crippen LogP contribution in [0.1, 0.15) is 31.7 Å². The van der Waals surface area contributed by atoms with Crippen molar-refractivity contribution in [2.45, 2.75) is 45.9 Å². The highest BCUT2D eigenvalue weighted by atomic mass is 16.3. The van der Waals surface area contributed by atoms with E-state index in [1.165, 1.54) is 0 Å². The van der Waals surface area contributed by atoms with Crippen LogP contribution < -0.4 is 0 Å². The van der Waals surface area contributed by atoms with Crippen LogP contribution in [0.15, 0.2) is 12.4 Å². The Labute approximate surface area is 121 Å². The van der Waals surface area contributed by atoms with Gasteiger partial charge >= 0.3 is 0 Å². The van der Waals surface area contributed by atoms with Gasteiger partial charge in [0.2, 0.25) is 0 Å². The first kappa shape index (κ1) is 15.4. The second-order valence-corrected chi connectivity index (χ2v) is 5.79. The Hall–Kier alpha value is -1.04. The average molecular weight is 278 g/mol. The molecule has 1 saturated heterocycles. The minimum Gasteiger partial charge on any atom is -0.392 e. The number of β-amino-alcohol motifs (C(OH)–C–C–N with tert-alkyl or cyclic N) is 1. The van der Waals surface area contributed by atoms with E-state index in [9.17, 15) is 5.11 Å². The van der Waals surface area contributed by atoms with Crippen LogP contribution in [0.25, 0.3) is 0 Å². The molecule has 1 aliphatic heterocycles. The van der Waals surface area contributed by atoms with Crippen molar-refractivity contribution in [1.29, 1.82) is 0 Å². The van der Waals surface area contributed by atoms with Crippen molar-refractivity contribution in [3.63, 3.8) is 0 Å². The molecule has 0 amide bonds. The van der Waals surface area contributed by atoms with E-state index in [0.717, 1.165) is 50.5 Å². The summed E-state index contributed by atoms with van der Waals surface area (Å²) in [6.07, 6.45) is 4.57. The topological polar surface area (TPSA) is 52.5 Å². The minimum atomic E-state index is -0.251. The molecule has 5 nitrogen and oxygen atoms in total. The third-order valence-electron chi connectivity index (χ3n) is 3.88. The summed E-state index contributed by atoms with van der Waals surface area (Å²) >= 11 is 0. The van der Waals surface area contributed by atoms with Crippen molar-refractivity contribution in [2.75, 3.05) is 26.2 Å². The maximum absolute atomic E-state index is 9.57. The molecular formula is C15H26N4O. The number of aryl methyl sites for hydroxylation is 1. The highest BCUT2D eigenvalue weighted by Gasteiger charge is 2.26. The normalized spacial score (nSPS) is 22.9. The van der Waals surface area contributed by atoms with Crippen molar-refractivity contribution in [2.24, 2.45) is 0 Å². The van der Waals surface area contributed by atoms with Gasteiger partial charge in [0.15, 0.2) is 0 Å². The summed E-state index contributed by atoms with van der Waals surface area (Å²) in [5.41, 5.74) is 2.00. The molecule has 0 aromatic carbocycles. The van der Waals surface area contributed by atoms with Crippen LogP contribution in [-0.4, -0.2) is 63.2 Å². The number of hydrogen-bond acceptors (Lipinski definition) is 5. The summed E-state index contributed by atoms with van der Waals surface area (Å²) in [5.74, 6) is 0. The first-order valence-corrected chi connectivity index (χ1v) is 7.50. The van der Waals surface area contributed by atoms with Gasteiger partial charge in [-0.15, -0.1) is 0 Å². The van der Waals surface area contributed by atoms with Crippen LogP contribution in [0.2, 0.25) is 0 Å². The quantitative estimate of drug-likeness (QED) is 0.873. The Morgan fingerprint density at radius 1 is 1.35 bits per heavy atom. The van der Waals surface area contributed by atoms with E-state index in [-0.39, 0.29) is 6.10 Å². The van der Waals surface area contributed by atoms with Gasteiger partial charge in [0.05, 0.1) is 17.5 Å². The fraction of sp³-hybridized carbons (Fsp3) is 0.733. The van der Waals surface area contributed by atoms with Crippen LogP contribution in [0.4, 0.5) is 0 Å². The molecule has 1 aromatic rings. The van der Waals surface area contributed by atoms with Crippen molar-refractivity contribution in [1.82, 2.24) is 19.8 Å². The molecule has 112 valence electrons. The maximum atomic E-state index is 9.57. The monoisotopic (exact) mass is 278 g/mol. The summed E-state index contributed by atoms with van der Waals surface area (Å²) in [6.45, 7) is 10.8. The van der Waals surface area contributed by atoms with Crippen LogP contribution in [0.3, 0.4) is 0 Å². The van der Waals surface area contributed by atoms with Gasteiger partial charge in [-0.25, -0.2) is 0 Å². The molecular weight excluding hydrogens is 252 g/mol. The zero-order valence-electron chi connectivity index (χ0n) is 12.8. The fourth-order valence-corrected chi connectivity index (χ4v) is 2.80.